The number of fused-ring (bicyclic) bond motifs is 3. The summed E-state index contributed by atoms with van der Waals surface area (Å²) in [6.45, 7) is 2.56. The van der Waals surface area contributed by atoms with E-state index in [1.54, 1.807) is 24.4 Å². The van der Waals surface area contributed by atoms with Crippen molar-refractivity contribution in [3.8, 4) is 0 Å². The number of aliphatic hydroxyl groups excluding tert-OH is 1. The maximum Gasteiger partial charge on any atom is 0.337 e. The van der Waals surface area contributed by atoms with E-state index in [-0.39, 0.29) is 11.6 Å². The number of allylic oxidation sites excluding steroid dienone is 1. The number of aromatic carboxylic acids is 1. The predicted molar refractivity (Wildman–Crippen MR) is 151 cm³/mol. The number of aryl methyl sites for hydroxylation is 1. The molecule has 2 aliphatic heterocycles. The van der Waals surface area contributed by atoms with Crippen molar-refractivity contribution >= 4 is 51.5 Å². The highest BCUT2D eigenvalue weighted by Gasteiger charge is 2.43. The van der Waals surface area contributed by atoms with E-state index in [2.05, 4.69) is 15.9 Å². The Labute approximate surface area is 231 Å². The normalized spacial score (nSPS) is 21.8. The third-order valence-corrected chi connectivity index (χ3v) is 8.96. The lowest BCUT2D eigenvalue weighted by molar-refractivity contribution is 0.0699. The lowest BCUT2D eigenvalue weighted by atomic mass is 9.96. The highest BCUT2D eigenvalue weighted by Crippen LogP contribution is 2.40. The molecule has 2 atom stereocenters. The molecule has 2 aromatic carbocycles. The van der Waals surface area contributed by atoms with Crippen molar-refractivity contribution in [2.24, 2.45) is 13.0 Å². The van der Waals surface area contributed by atoms with Crippen LogP contribution in [0.3, 0.4) is 0 Å². The molecule has 198 valence electrons. The first kappa shape index (κ1) is 25.3. The minimum absolute atomic E-state index is 0.131. The highest BCUT2D eigenvalue weighted by atomic mass is 35.5. The molecule has 2 saturated heterocycles. The molecule has 1 aromatic heterocycles. The molecule has 2 bridgehead atoms. The Kier molecular flexibility index (Phi) is 6.41. The number of benzene rings is 2. The van der Waals surface area contributed by atoms with Crippen molar-refractivity contribution in [3.63, 3.8) is 0 Å². The third-order valence-electron chi connectivity index (χ3n) is 8.33. The van der Waals surface area contributed by atoms with Gasteiger partial charge in [0.15, 0.2) is 0 Å². The second-order valence-electron chi connectivity index (χ2n) is 10.7. The largest absolute Gasteiger partial charge is 0.512 e. The van der Waals surface area contributed by atoms with E-state index in [4.69, 9.17) is 28.6 Å². The molecule has 9 heteroatoms. The van der Waals surface area contributed by atoms with Gasteiger partial charge in [-0.05, 0) is 56.0 Å². The van der Waals surface area contributed by atoms with Crippen LogP contribution in [0.1, 0.15) is 41.6 Å². The fraction of sp³-hybridized carbons (Fsp3) is 0.379. The molecule has 1 aliphatic carbocycles. The van der Waals surface area contributed by atoms with Crippen LogP contribution in [0.5, 0.6) is 0 Å². The Morgan fingerprint density at radius 2 is 1.82 bits per heavy atom. The number of aliphatic hydroxyl groups is 1. The molecule has 6 rings (SSSR count). The van der Waals surface area contributed by atoms with Crippen LogP contribution in [0.15, 0.2) is 53.9 Å². The Bertz CT molecular complexity index is 1470. The molecule has 1 saturated carbocycles. The van der Waals surface area contributed by atoms with Gasteiger partial charge in [0.05, 0.1) is 26.8 Å². The minimum atomic E-state index is -0.912. The summed E-state index contributed by atoms with van der Waals surface area (Å²) < 4.78 is 1.88. The van der Waals surface area contributed by atoms with E-state index in [9.17, 15) is 15.0 Å². The van der Waals surface area contributed by atoms with E-state index in [1.807, 2.05) is 23.7 Å². The van der Waals surface area contributed by atoms with Crippen LogP contribution in [0, 0.1) is 11.3 Å². The fourth-order valence-electron chi connectivity index (χ4n) is 6.19. The second-order valence-corrected chi connectivity index (χ2v) is 11.5. The molecule has 7 nitrogen and oxygen atoms in total. The standard InChI is InChI=1S/C29H30Cl2N4O3/c1-33-15-22(29(37)38)20-8-7-17(12-25(20)33)35-14-18-11-19(35)13-34(18)10-9-21(28(36)16-5-6-16)27(32)26-23(30)3-2-4-24(26)31/h2-4,7-8,12,15-16,18-19,32,36H,5-6,9-11,13-14H2,1H3,(H,37,38)/b28-21-,32-27?. The monoisotopic (exact) mass is 552 g/mol. The van der Waals surface area contributed by atoms with Crippen molar-refractivity contribution in [2.45, 2.75) is 37.8 Å². The summed E-state index contributed by atoms with van der Waals surface area (Å²) in [5.74, 6) is -0.468. The average molecular weight is 553 g/mol. The van der Waals surface area contributed by atoms with Crippen molar-refractivity contribution in [1.82, 2.24) is 9.47 Å². The molecule has 3 aliphatic rings. The summed E-state index contributed by atoms with van der Waals surface area (Å²) in [6.07, 6.45) is 5.19. The SMILES string of the molecule is Cn1cc(C(=O)O)c2ccc(N3CC4CC3CN4CC/C(C(=N)c3c(Cl)cccc3Cl)=C(/O)C3CC3)cc21. The predicted octanol–water partition coefficient (Wildman–Crippen LogP) is 6.13. The first-order valence-electron chi connectivity index (χ1n) is 13.0. The molecule has 0 radical (unpaired) electrons. The topological polar surface area (TPSA) is 92.8 Å². The number of piperazine rings is 1. The number of likely N-dealkylation sites (tertiary alicyclic amines) is 1. The molecule has 38 heavy (non-hydrogen) atoms. The fourth-order valence-corrected chi connectivity index (χ4v) is 6.77. The molecular weight excluding hydrogens is 523 g/mol. The molecule has 3 aromatic rings. The van der Waals surface area contributed by atoms with Gasteiger partial charge in [0, 0.05) is 73.1 Å². The Hall–Kier alpha value is -3.00. The van der Waals surface area contributed by atoms with E-state index >= 15 is 0 Å². The maximum atomic E-state index is 11.6. The number of nitrogens with one attached hydrogen (secondary N) is 1. The smallest absolute Gasteiger partial charge is 0.337 e. The zero-order valence-corrected chi connectivity index (χ0v) is 22.6. The van der Waals surface area contributed by atoms with Gasteiger partial charge in [-0.25, -0.2) is 4.79 Å². The maximum absolute atomic E-state index is 11.6. The average Bonchev–Trinajstić information content (AvgIpc) is 3.43. The van der Waals surface area contributed by atoms with E-state index < -0.39 is 5.97 Å². The summed E-state index contributed by atoms with van der Waals surface area (Å²) >= 11 is 12.8. The number of anilines is 1. The van der Waals surface area contributed by atoms with Crippen molar-refractivity contribution in [3.05, 3.63) is 75.1 Å². The lowest BCUT2D eigenvalue weighted by Crippen LogP contribution is -2.46. The van der Waals surface area contributed by atoms with Crippen LogP contribution >= 0.6 is 23.2 Å². The highest BCUT2D eigenvalue weighted by molar-refractivity contribution is 6.41. The second kappa shape index (κ2) is 9.63. The number of rotatable bonds is 8. The molecular formula is C29H30Cl2N4O3. The molecule has 0 spiro atoms. The first-order chi connectivity index (χ1) is 18.2. The minimum Gasteiger partial charge on any atom is -0.512 e. The summed E-state index contributed by atoms with van der Waals surface area (Å²) in [4.78, 5) is 16.5. The number of carboxylic acids is 1. The number of hydrogen-bond acceptors (Lipinski definition) is 5. The van der Waals surface area contributed by atoms with Gasteiger partial charge in [-0.2, -0.15) is 0 Å². The Morgan fingerprint density at radius 3 is 2.45 bits per heavy atom. The van der Waals surface area contributed by atoms with Gasteiger partial charge in [0.25, 0.3) is 0 Å². The van der Waals surface area contributed by atoms with Crippen molar-refractivity contribution in [2.75, 3.05) is 24.5 Å². The Morgan fingerprint density at radius 1 is 1.08 bits per heavy atom. The number of nitrogens with zero attached hydrogens (tertiary/aromatic N) is 3. The Balaban J connectivity index is 1.17. The number of carboxylic acid groups (broad SMARTS) is 1. The van der Waals surface area contributed by atoms with Crippen LogP contribution in [-0.4, -0.2) is 63.1 Å². The molecule has 3 fully saturated rings. The van der Waals surface area contributed by atoms with Crippen LogP contribution in [0.4, 0.5) is 5.69 Å². The van der Waals surface area contributed by atoms with E-state index in [1.165, 1.54) is 0 Å². The van der Waals surface area contributed by atoms with Gasteiger partial charge >= 0.3 is 5.97 Å². The van der Waals surface area contributed by atoms with Gasteiger partial charge in [0.2, 0.25) is 0 Å². The number of halogens is 2. The van der Waals surface area contributed by atoms with Gasteiger partial charge < -0.3 is 19.7 Å². The molecule has 3 N–H and O–H groups in total. The third kappa shape index (κ3) is 4.36. The first-order valence-corrected chi connectivity index (χ1v) is 13.8. The van der Waals surface area contributed by atoms with Gasteiger partial charge in [0.1, 0.15) is 5.76 Å². The molecule has 3 heterocycles. The molecule has 2 unspecified atom stereocenters. The van der Waals surface area contributed by atoms with E-state index in [0.717, 1.165) is 55.5 Å². The molecule has 0 amide bonds. The van der Waals surface area contributed by atoms with Gasteiger partial charge in [-0.3, -0.25) is 10.3 Å². The van der Waals surface area contributed by atoms with Crippen molar-refractivity contribution in [1.29, 1.82) is 5.41 Å². The summed E-state index contributed by atoms with van der Waals surface area (Å²) in [5.41, 5.74) is 3.70. The van der Waals surface area contributed by atoms with Crippen LogP contribution < -0.4 is 4.90 Å². The number of aromatic nitrogens is 1. The summed E-state index contributed by atoms with van der Waals surface area (Å²) in [6, 6.07) is 12.0. The summed E-state index contributed by atoms with van der Waals surface area (Å²) in [5, 5.41) is 31.0. The summed E-state index contributed by atoms with van der Waals surface area (Å²) in [7, 11) is 1.88. The quantitative estimate of drug-likeness (QED) is 0.231. The number of hydrogen-bond donors (Lipinski definition) is 3. The van der Waals surface area contributed by atoms with Crippen LogP contribution in [0.2, 0.25) is 10.0 Å². The van der Waals surface area contributed by atoms with Gasteiger partial charge in [-0.15, -0.1) is 0 Å². The van der Waals surface area contributed by atoms with Gasteiger partial charge in [-0.1, -0.05) is 29.3 Å². The number of carbonyl (C=O) groups is 1. The zero-order valence-electron chi connectivity index (χ0n) is 21.1. The zero-order chi connectivity index (χ0) is 26.7. The van der Waals surface area contributed by atoms with E-state index in [0.29, 0.717) is 51.0 Å². The van der Waals surface area contributed by atoms with Crippen LogP contribution in [-0.2, 0) is 7.05 Å². The van der Waals surface area contributed by atoms with Crippen LogP contribution in [0.25, 0.3) is 10.9 Å². The lowest BCUT2D eigenvalue weighted by Gasteiger charge is -2.36. The van der Waals surface area contributed by atoms with Crippen molar-refractivity contribution < 1.29 is 15.0 Å².